The molecule has 6 unspecified atom stereocenters. The van der Waals surface area contributed by atoms with Crippen LogP contribution in [0.25, 0.3) is 0 Å². The summed E-state index contributed by atoms with van der Waals surface area (Å²) < 4.78 is 0. The lowest BCUT2D eigenvalue weighted by Gasteiger charge is -2.27. The molecule has 0 aromatic rings. The zero-order chi connectivity index (χ0) is 53.1. The van der Waals surface area contributed by atoms with E-state index in [2.05, 4.69) is 51.3 Å². The maximum atomic E-state index is 13.2. The first kappa shape index (κ1) is 71.8. The highest BCUT2D eigenvalue weighted by molar-refractivity contribution is 8.17. The molecular formula is C62H124N2O6S2. The SMILES string of the molecule is CCCCCCCCCCC(O)CN(CCCCC(=O)SC(C)C(C)SC(=O)CCCCN(CC(O)CCCCCCCCCC)CC(O)CCCCCCCCCC)CC(O)CCCCCCCCCC. The van der Waals surface area contributed by atoms with Gasteiger partial charge in [0.1, 0.15) is 0 Å². The number of rotatable bonds is 57. The molecule has 0 amide bonds. The molecule has 0 aliphatic rings. The van der Waals surface area contributed by atoms with E-state index in [1.807, 2.05) is 0 Å². The molecule has 0 heterocycles. The predicted molar refractivity (Wildman–Crippen MR) is 318 cm³/mol. The van der Waals surface area contributed by atoms with Crippen molar-refractivity contribution in [3.63, 3.8) is 0 Å². The van der Waals surface area contributed by atoms with Crippen LogP contribution in [-0.2, 0) is 9.59 Å². The third-order valence-corrected chi connectivity index (χ3v) is 17.6. The summed E-state index contributed by atoms with van der Waals surface area (Å²) in [5, 5.41) is 44.5. The minimum Gasteiger partial charge on any atom is -0.392 e. The summed E-state index contributed by atoms with van der Waals surface area (Å²) >= 11 is 2.75. The third kappa shape index (κ3) is 49.4. The van der Waals surface area contributed by atoms with Crippen LogP contribution in [0.15, 0.2) is 0 Å². The minimum absolute atomic E-state index is 0.0292. The van der Waals surface area contributed by atoms with Gasteiger partial charge in [-0.2, -0.15) is 0 Å². The fraction of sp³-hybridized carbons (Fsp3) is 0.968. The third-order valence-electron chi connectivity index (χ3n) is 14.9. The van der Waals surface area contributed by atoms with Gasteiger partial charge in [-0.1, -0.05) is 271 Å². The monoisotopic (exact) mass is 1060 g/mol. The number of thioether (sulfide) groups is 2. The summed E-state index contributed by atoms with van der Waals surface area (Å²) in [4.78, 5) is 30.8. The number of carbonyl (C=O) groups excluding carboxylic acids is 2. The lowest BCUT2D eigenvalue weighted by molar-refractivity contribution is -0.112. The highest BCUT2D eigenvalue weighted by Crippen LogP contribution is 2.28. The Morgan fingerprint density at radius 3 is 0.750 bits per heavy atom. The van der Waals surface area contributed by atoms with E-state index in [4.69, 9.17) is 0 Å². The van der Waals surface area contributed by atoms with Gasteiger partial charge in [0.25, 0.3) is 0 Å². The molecule has 4 N–H and O–H groups in total. The van der Waals surface area contributed by atoms with Crippen LogP contribution >= 0.6 is 23.5 Å². The van der Waals surface area contributed by atoms with E-state index in [1.165, 1.54) is 203 Å². The van der Waals surface area contributed by atoms with Crippen LogP contribution in [0.3, 0.4) is 0 Å². The first-order valence-corrected chi connectivity index (χ1v) is 33.3. The van der Waals surface area contributed by atoms with Crippen LogP contribution in [0.4, 0.5) is 0 Å². The average Bonchev–Trinajstić information content (AvgIpc) is 3.34. The van der Waals surface area contributed by atoms with E-state index in [0.29, 0.717) is 39.0 Å². The summed E-state index contributed by atoms with van der Waals surface area (Å²) in [6.07, 6.45) is 45.9. The second-order valence-corrected chi connectivity index (χ2v) is 25.4. The lowest BCUT2D eigenvalue weighted by atomic mass is 10.0. The molecule has 0 bridgehead atoms. The minimum atomic E-state index is -0.392. The van der Waals surface area contributed by atoms with Crippen molar-refractivity contribution in [2.45, 2.75) is 346 Å². The summed E-state index contributed by atoms with van der Waals surface area (Å²) in [6.45, 7) is 17.0. The van der Waals surface area contributed by atoms with Gasteiger partial charge in [-0.05, 0) is 64.5 Å². The zero-order valence-electron chi connectivity index (χ0n) is 48.7. The smallest absolute Gasteiger partial charge is 0.189 e. The van der Waals surface area contributed by atoms with Crippen molar-refractivity contribution in [1.29, 1.82) is 0 Å². The molecule has 0 saturated carbocycles. The molecule has 72 heavy (non-hydrogen) atoms. The molecule has 0 aliphatic carbocycles. The fourth-order valence-electron chi connectivity index (χ4n) is 10.1. The summed E-state index contributed by atoms with van der Waals surface area (Å²) in [5.74, 6) is 0. The van der Waals surface area contributed by atoms with Gasteiger partial charge in [0, 0.05) is 49.5 Å². The maximum absolute atomic E-state index is 13.2. The molecule has 430 valence electrons. The van der Waals surface area contributed by atoms with E-state index in [1.54, 1.807) is 0 Å². The summed E-state index contributed by atoms with van der Waals surface area (Å²) in [5.41, 5.74) is 0. The number of nitrogens with zero attached hydrogens (tertiary/aromatic N) is 2. The van der Waals surface area contributed by atoms with E-state index < -0.39 is 24.4 Å². The van der Waals surface area contributed by atoms with E-state index in [9.17, 15) is 30.0 Å². The van der Waals surface area contributed by atoms with Crippen LogP contribution in [0, 0.1) is 0 Å². The van der Waals surface area contributed by atoms with Crippen molar-refractivity contribution in [3.8, 4) is 0 Å². The van der Waals surface area contributed by atoms with Crippen LogP contribution in [-0.4, -0.2) is 115 Å². The standard InChI is InChI=1S/C62H124N2O6S2/c1-7-11-15-19-23-27-31-35-43-57(65)51-63(52-58(66)44-36-32-28-24-20-16-12-8-2)49-41-39-47-61(69)71-55(5)56(6)72-62(70)48-40-42-50-64(53-59(67)45-37-33-29-25-21-17-13-9-3)54-60(68)46-38-34-30-26-22-18-14-10-4/h55-60,65-68H,7-54H2,1-6H3. The van der Waals surface area contributed by atoms with Gasteiger partial charge >= 0.3 is 0 Å². The van der Waals surface area contributed by atoms with Crippen molar-refractivity contribution in [1.82, 2.24) is 9.80 Å². The molecule has 0 fully saturated rings. The molecule has 0 saturated heterocycles. The first-order chi connectivity index (χ1) is 34.9. The van der Waals surface area contributed by atoms with Crippen molar-refractivity contribution >= 4 is 33.8 Å². The number of aliphatic hydroxyl groups is 4. The van der Waals surface area contributed by atoms with Gasteiger partial charge in [0.05, 0.1) is 24.4 Å². The lowest BCUT2D eigenvalue weighted by Crippen LogP contribution is -2.38. The van der Waals surface area contributed by atoms with Crippen molar-refractivity contribution in [2.24, 2.45) is 0 Å². The quantitative estimate of drug-likeness (QED) is 0.0438. The van der Waals surface area contributed by atoms with Crippen LogP contribution in [0.2, 0.25) is 0 Å². The fourth-order valence-corrected chi connectivity index (χ4v) is 12.1. The highest BCUT2D eigenvalue weighted by atomic mass is 32.2. The van der Waals surface area contributed by atoms with Gasteiger partial charge in [0.2, 0.25) is 0 Å². The number of carbonyl (C=O) groups is 2. The molecule has 0 aliphatic heterocycles. The molecule has 6 atom stereocenters. The van der Waals surface area contributed by atoms with Gasteiger partial charge in [0.15, 0.2) is 10.2 Å². The Kier molecular flexibility index (Phi) is 54.0. The van der Waals surface area contributed by atoms with Gasteiger partial charge < -0.3 is 20.4 Å². The second kappa shape index (κ2) is 54.2. The van der Waals surface area contributed by atoms with Gasteiger partial charge in [-0.25, -0.2) is 0 Å². The van der Waals surface area contributed by atoms with Crippen molar-refractivity contribution in [2.75, 3.05) is 39.3 Å². The summed E-state index contributed by atoms with van der Waals surface area (Å²) in [7, 11) is 0. The van der Waals surface area contributed by atoms with Gasteiger partial charge in [-0.3, -0.25) is 19.4 Å². The number of aliphatic hydroxyl groups excluding tert-OH is 4. The first-order valence-electron chi connectivity index (χ1n) is 31.5. The Labute approximate surface area is 456 Å². The molecule has 10 heteroatoms. The molecular weight excluding hydrogens is 933 g/mol. The van der Waals surface area contributed by atoms with Crippen molar-refractivity contribution in [3.05, 3.63) is 0 Å². The molecule has 0 aromatic carbocycles. The molecule has 0 aromatic heterocycles. The Morgan fingerprint density at radius 1 is 0.319 bits per heavy atom. The molecule has 0 spiro atoms. The topological polar surface area (TPSA) is 122 Å². The van der Waals surface area contributed by atoms with E-state index >= 15 is 0 Å². The molecule has 0 radical (unpaired) electrons. The maximum Gasteiger partial charge on any atom is 0.189 e. The number of hydrogen-bond donors (Lipinski definition) is 4. The largest absolute Gasteiger partial charge is 0.392 e. The van der Waals surface area contributed by atoms with Crippen LogP contribution in [0.5, 0.6) is 0 Å². The Bertz CT molecular complexity index is 1010. The van der Waals surface area contributed by atoms with Crippen molar-refractivity contribution < 1.29 is 30.0 Å². The second-order valence-electron chi connectivity index (χ2n) is 22.5. The Balaban J connectivity index is 4.88. The molecule has 0 rings (SSSR count). The zero-order valence-corrected chi connectivity index (χ0v) is 50.4. The van der Waals surface area contributed by atoms with Crippen LogP contribution < -0.4 is 0 Å². The number of unbranched alkanes of at least 4 members (excludes halogenated alkanes) is 30. The number of hydrogen-bond acceptors (Lipinski definition) is 10. The van der Waals surface area contributed by atoms with E-state index in [0.717, 1.165) is 90.1 Å². The van der Waals surface area contributed by atoms with Crippen LogP contribution in [0.1, 0.15) is 311 Å². The highest BCUT2D eigenvalue weighted by Gasteiger charge is 2.22. The Morgan fingerprint density at radius 2 is 0.528 bits per heavy atom. The summed E-state index contributed by atoms with van der Waals surface area (Å²) in [6, 6.07) is 0. The normalized spacial score (nSPS) is 14.6. The Hall–Kier alpha value is -0.200. The average molecular weight is 1060 g/mol. The van der Waals surface area contributed by atoms with E-state index in [-0.39, 0.29) is 20.7 Å². The molecule has 8 nitrogen and oxygen atoms in total. The predicted octanol–water partition coefficient (Wildman–Crippen LogP) is 16.8. The van der Waals surface area contributed by atoms with Gasteiger partial charge in [-0.15, -0.1) is 0 Å².